The van der Waals surface area contributed by atoms with Crippen molar-refractivity contribution in [2.75, 3.05) is 18.4 Å². The number of nitrogens with zero attached hydrogens (tertiary/aromatic N) is 3. The van der Waals surface area contributed by atoms with Gasteiger partial charge in [0.1, 0.15) is 6.33 Å². The normalized spacial score (nSPS) is 14.6. The fourth-order valence-electron chi connectivity index (χ4n) is 3.02. The molecule has 8 nitrogen and oxygen atoms in total. The second-order valence-electron chi connectivity index (χ2n) is 6.46. The molecule has 2 aromatic rings. The Kier molecular flexibility index (Phi) is 5.44. The van der Waals surface area contributed by atoms with Crippen molar-refractivity contribution >= 4 is 23.5 Å². The molecule has 1 aromatic carbocycles. The Balaban J connectivity index is 1.62. The Bertz CT molecular complexity index is 858. The molecule has 1 saturated heterocycles. The first kappa shape index (κ1) is 18.5. The summed E-state index contributed by atoms with van der Waals surface area (Å²) in [6, 6.07) is 6.62. The molecule has 2 heterocycles. The molecule has 0 unspecified atom stereocenters. The van der Waals surface area contributed by atoms with Gasteiger partial charge in [0.2, 0.25) is 0 Å². The van der Waals surface area contributed by atoms with Gasteiger partial charge in [0, 0.05) is 30.5 Å². The smallest absolute Gasteiger partial charge is 0.306 e. The van der Waals surface area contributed by atoms with Gasteiger partial charge in [-0.25, -0.2) is 9.97 Å². The standard InChI is InChI=1S/C19H20N4O4/c1-12-16(10-20-11-21-12)17(24)22-15-4-2-13(3-5-15)18(25)23-8-6-14(7-9-23)19(26)27/h2-5,10-11,14H,6-9H2,1H3,(H,22,24)(H,26,27). The minimum absolute atomic E-state index is 0.135. The lowest BCUT2D eigenvalue weighted by Crippen LogP contribution is -2.40. The van der Waals surface area contributed by atoms with Crippen LogP contribution in [0.15, 0.2) is 36.8 Å². The van der Waals surface area contributed by atoms with Crippen LogP contribution in [0.2, 0.25) is 0 Å². The molecule has 1 aromatic heterocycles. The first-order chi connectivity index (χ1) is 13.0. The van der Waals surface area contributed by atoms with Crippen molar-refractivity contribution in [3.8, 4) is 0 Å². The van der Waals surface area contributed by atoms with Crippen LogP contribution in [-0.2, 0) is 4.79 Å². The van der Waals surface area contributed by atoms with Crippen LogP contribution < -0.4 is 5.32 Å². The fourth-order valence-corrected chi connectivity index (χ4v) is 3.02. The number of benzene rings is 1. The zero-order valence-electron chi connectivity index (χ0n) is 14.9. The van der Waals surface area contributed by atoms with Gasteiger partial charge < -0.3 is 15.3 Å². The lowest BCUT2D eigenvalue weighted by Gasteiger charge is -2.30. The van der Waals surface area contributed by atoms with E-state index in [4.69, 9.17) is 5.11 Å². The van der Waals surface area contributed by atoms with E-state index in [1.807, 2.05) is 0 Å². The molecule has 0 saturated carbocycles. The highest BCUT2D eigenvalue weighted by Crippen LogP contribution is 2.20. The number of hydrogen-bond acceptors (Lipinski definition) is 5. The minimum Gasteiger partial charge on any atom is -0.481 e. The Morgan fingerprint density at radius 2 is 1.81 bits per heavy atom. The van der Waals surface area contributed by atoms with Crippen LogP contribution in [0.4, 0.5) is 5.69 Å². The zero-order chi connectivity index (χ0) is 19.4. The highest BCUT2D eigenvalue weighted by atomic mass is 16.4. The van der Waals surface area contributed by atoms with Crippen LogP contribution in [0.5, 0.6) is 0 Å². The number of carbonyl (C=O) groups excluding carboxylic acids is 2. The number of aromatic nitrogens is 2. The van der Waals surface area contributed by atoms with Gasteiger partial charge in [-0.1, -0.05) is 0 Å². The van der Waals surface area contributed by atoms with Crippen molar-refractivity contribution in [2.45, 2.75) is 19.8 Å². The number of aryl methyl sites for hydroxylation is 1. The van der Waals surface area contributed by atoms with Gasteiger partial charge in [-0.2, -0.15) is 0 Å². The van der Waals surface area contributed by atoms with Gasteiger partial charge >= 0.3 is 5.97 Å². The minimum atomic E-state index is -0.804. The first-order valence-electron chi connectivity index (χ1n) is 8.66. The second-order valence-corrected chi connectivity index (χ2v) is 6.46. The van der Waals surface area contributed by atoms with Crippen molar-refractivity contribution < 1.29 is 19.5 Å². The van der Waals surface area contributed by atoms with E-state index in [2.05, 4.69) is 15.3 Å². The van der Waals surface area contributed by atoms with E-state index in [-0.39, 0.29) is 17.7 Å². The molecule has 0 bridgehead atoms. The number of carbonyl (C=O) groups is 3. The average molecular weight is 368 g/mol. The summed E-state index contributed by atoms with van der Waals surface area (Å²) in [5.74, 6) is -1.63. The van der Waals surface area contributed by atoms with E-state index in [1.165, 1.54) is 12.5 Å². The third-order valence-electron chi connectivity index (χ3n) is 4.68. The molecule has 8 heteroatoms. The summed E-state index contributed by atoms with van der Waals surface area (Å²) in [6.07, 6.45) is 3.77. The predicted octanol–water partition coefficient (Wildman–Crippen LogP) is 1.97. The number of amides is 2. The van der Waals surface area contributed by atoms with Crippen molar-refractivity contribution in [1.29, 1.82) is 0 Å². The molecule has 0 atom stereocenters. The largest absolute Gasteiger partial charge is 0.481 e. The maximum absolute atomic E-state index is 12.6. The lowest BCUT2D eigenvalue weighted by atomic mass is 9.96. The molecule has 2 N–H and O–H groups in total. The van der Waals surface area contributed by atoms with E-state index < -0.39 is 5.97 Å². The number of aliphatic carboxylic acids is 1. The molecular formula is C19H20N4O4. The van der Waals surface area contributed by atoms with Gasteiger partial charge in [0.05, 0.1) is 17.2 Å². The fraction of sp³-hybridized carbons (Fsp3) is 0.316. The van der Waals surface area contributed by atoms with Gasteiger partial charge in [0.15, 0.2) is 0 Å². The number of likely N-dealkylation sites (tertiary alicyclic amines) is 1. The zero-order valence-corrected chi connectivity index (χ0v) is 14.9. The highest BCUT2D eigenvalue weighted by Gasteiger charge is 2.27. The van der Waals surface area contributed by atoms with Crippen LogP contribution in [0.3, 0.4) is 0 Å². The first-order valence-corrected chi connectivity index (χ1v) is 8.66. The van der Waals surface area contributed by atoms with E-state index in [0.717, 1.165) is 0 Å². The number of hydrogen-bond donors (Lipinski definition) is 2. The van der Waals surface area contributed by atoms with Crippen LogP contribution in [0, 0.1) is 12.8 Å². The molecule has 0 radical (unpaired) electrons. The van der Waals surface area contributed by atoms with Crippen molar-refractivity contribution in [1.82, 2.24) is 14.9 Å². The molecule has 0 spiro atoms. The number of carboxylic acid groups (broad SMARTS) is 1. The molecule has 140 valence electrons. The predicted molar refractivity (Wildman–Crippen MR) is 97.4 cm³/mol. The van der Waals surface area contributed by atoms with E-state index in [0.29, 0.717) is 48.4 Å². The SMILES string of the molecule is Cc1ncncc1C(=O)Nc1ccc(C(=O)N2CCC(C(=O)O)CC2)cc1. The maximum atomic E-state index is 12.6. The summed E-state index contributed by atoms with van der Waals surface area (Å²) < 4.78 is 0. The van der Waals surface area contributed by atoms with E-state index >= 15 is 0 Å². The summed E-state index contributed by atoms with van der Waals surface area (Å²) in [5, 5.41) is 11.8. The quantitative estimate of drug-likeness (QED) is 0.853. The number of piperidine rings is 1. The Labute approximate surface area is 156 Å². The summed E-state index contributed by atoms with van der Waals surface area (Å²) in [7, 11) is 0. The Morgan fingerprint density at radius 3 is 2.41 bits per heavy atom. The summed E-state index contributed by atoms with van der Waals surface area (Å²) in [6.45, 7) is 2.59. The lowest BCUT2D eigenvalue weighted by molar-refractivity contribution is -0.143. The topological polar surface area (TPSA) is 112 Å². The Hall–Kier alpha value is -3.29. The highest BCUT2D eigenvalue weighted by molar-refractivity contribution is 6.05. The van der Waals surface area contributed by atoms with Crippen LogP contribution >= 0.6 is 0 Å². The number of anilines is 1. The van der Waals surface area contributed by atoms with E-state index in [1.54, 1.807) is 36.1 Å². The third-order valence-corrected chi connectivity index (χ3v) is 4.68. The van der Waals surface area contributed by atoms with Crippen LogP contribution in [0.25, 0.3) is 0 Å². The van der Waals surface area contributed by atoms with Gasteiger partial charge in [-0.15, -0.1) is 0 Å². The number of carboxylic acids is 1. The van der Waals surface area contributed by atoms with Crippen LogP contribution in [0.1, 0.15) is 39.3 Å². The van der Waals surface area contributed by atoms with Crippen molar-refractivity contribution in [3.05, 3.63) is 53.6 Å². The molecule has 27 heavy (non-hydrogen) atoms. The van der Waals surface area contributed by atoms with E-state index in [9.17, 15) is 14.4 Å². The number of nitrogens with one attached hydrogen (secondary N) is 1. The number of rotatable bonds is 4. The van der Waals surface area contributed by atoms with Gasteiger partial charge in [0.25, 0.3) is 11.8 Å². The summed E-state index contributed by atoms with van der Waals surface area (Å²) in [5.41, 5.74) is 2.03. The summed E-state index contributed by atoms with van der Waals surface area (Å²) in [4.78, 5) is 45.3. The van der Waals surface area contributed by atoms with Gasteiger partial charge in [-0.3, -0.25) is 14.4 Å². The van der Waals surface area contributed by atoms with Crippen LogP contribution in [-0.4, -0.2) is 50.8 Å². The van der Waals surface area contributed by atoms with Gasteiger partial charge in [-0.05, 0) is 44.0 Å². The molecule has 0 aliphatic carbocycles. The molecule has 2 amide bonds. The monoisotopic (exact) mass is 368 g/mol. The molecule has 1 fully saturated rings. The third kappa shape index (κ3) is 4.28. The van der Waals surface area contributed by atoms with Crippen molar-refractivity contribution in [2.24, 2.45) is 5.92 Å². The molecule has 1 aliphatic heterocycles. The molecular weight excluding hydrogens is 348 g/mol. The molecule has 3 rings (SSSR count). The average Bonchev–Trinajstić information content (AvgIpc) is 2.68. The summed E-state index contributed by atoms with van der Waals surface area (Å²) >= 11 is 0. The van der Waals surface area contributed by atoms with Crippen molar-refractivity contribution in [3.63, 3.8) is 0 Å². The molecule has 1 aliphatic rings. The second kappa shape index (κ2) is 7.94. The maximum Gasteiger partial charge on any atom is 0.306 e. The Morgan fingerprint density at radius 1 is 1.15 bits per heavy atom.